The maximum atomic E-state index is 13.5. The van der Waals surface area contributed by atoms with Gasteiger partial charge < -0.3 is 5.32 Å². The van der Waals surface area contributed by atoms with Crippen molar-refractivity contribution < 1.29 is 22.0 Å². The van der Waals surface area contributed by atoms with E-state index in [4.69, 9.17) is 0 Å². The molecule has 0 aliphatic carbocycles. The van der Waals surface area contributed by atoms with Gasteiger partial charge in [0.25, 0.3) is 11.6 Å². The van der Waals surface area contributed by atoms with Gasteiger partial charge in [-0.1, -0.05) is 53.3 Å². The van der Waals surface area contributed by atoms with E-state index in [0.717, 1.165) is 37.6 Å². The molecular formula is C20H27F2N2O3PS. The topological polar surface area (TPSA) is 75.6 Å². The quantitative estimate of drug-likeness (QED) is 0.240. The Labute approximate surface area is 173 Å². The lowest BCUT2D eigenvalue weighted by molar-refractivity contribution is -0.114. The van der Waals surface area contributed by atoms with Gasteiger partial charge in [0.05, 0.1) is 22.6 Å². The van der Waals surface area contributed by atoms with Gasteiger partial charge in [-0.25, -0.2) is 8.42 Å². The normalized spacial score (nSPS) is 13.3. The highest BCUT2D eigenvalue weighted by Crippen LogP contribution is 2.35. The minimum atomic E-state index is -3.94. The van der Waals surface area contributed by atoms with Crippen LogP contribution in [0.4, 0.5) is 8.78 Å². The number of hydrogen-bond donors (Lipinski definition) is 1. The monoisotopic (exact) mass is 444 g/mol. The summed E-state index contributed by atoms with van der Waals surface area (Å²) in [5.74, 6) is -0.947. The Hall–Kier alpha value is -1.92. The fraction of sp³-hybridized carbons (Fsp3) is 0.400. The molecule has 0 heterocycles. The summed E-state index contributed by atoms with van der Waals surface area (Å²) in [6, 6.07) is 4.62. The van der Waals surface area contributed by atoms with Gasteiger partial charge in [0, 0.05) is 12.1 Å². The molecule has 1 atom stereocenters. The van der Waals surface area contributed by atoms with Crippen LogP contribution >= 0.6 is 9.24 Å². The molecule has 1 rings (SSSR count). The van der Waals surface area contributed by atoms with Crippen LogP contribution in [0.2, 0.25) is 0 Å². The number of allylic oxidation sites excluding steroid dienone is 3. The van der Waals surface area contributed by atoms with E-state index in [9.17, 15) is 22.0 Å². The van der Waals surface area contributed by atoms with Gasteiger partial charge in [-0.15, -0.1) is 0 Å². The Kier molecular flexibility index (Phi) is 10.3. The molecular weight excluding hydrogens is 417 g/mol. The molecule has 0 saturated carbocycles. The van der Waals surface area contributed by atoms with Crippen molar-refractivity contribution >= 4 is 31.2 Å². The number of hydrogen-bond acceptors (Lipinski definition) is 4. The van der Waals surface area contributed by atoms with Crippen LogP contribution in [0.5, 0.6) is 0 Å². The molecule has 29 heavy (non-hydrogen) atoms. The molecule has 1 N–H and O–H groups in total. The second-order valence-corrected chi connectivity index (χ2v) is 9.06. The summed E-state index contributed by atoms with van der Waals surface area (Å²) in [6.07, 6.45) is 8.65. The largest absolute Gasteiger partial charge is 0.351 e. The van der Waals surface area contributed by atoms with Crippen molar-refractivity contribution in [2.75, 3.05) is 12.3 Å². The average Bonchev–Trinajstić information content (AvgIpc) is 2.66. The summed E-state index contributed by atoms with van der Waals surface area (Å²) in [5.41, 5.74) is -3.53. The zero-order valence-corrected chi connectivity index (χ0v) is 18.5. The van der Waals surface area contributed by atoms with Crippen LogP contribution < -0.4 is 5.32 Å². The maximum absolute atomic E-state index is 13.5. The predicted octanol–water partition coefficient (Wildman–Crippen LogP) is 4.22. The summed E-state index contributed by atoms with van der Waals surface area (Å²) < 4.78 is 52.3. The van der Waals surface area contributed by atoms with Crippen LogP contribution in [0.3, 0.4) is 0 Å². The third-order valence-corrected chi connectivity index (χ3v) is 5.81. The van der Waals surface area contributed by atoms with Crippen molar-refractivity contribution in [1.29, 1.82) is 0 Å². The van der Waals surface area contributed by atoms with Gasteiger partial charge >= 0.3 is 0 Å². The molecule has 9 heteroatoms. The van der Waals surface area contributed by atoms with Crippen molar-refractivity contribution in [3.8, 4) is 0 Å². The minimum Gasteiger partial charge on any atom is -0.351 e. The van der Waals surface area contributed by atoms with Crippen molar-refractivity contribution in [1.82, 2.24) is 5.32 Å². The Morgan fingerprint density at radius 3 is 2.66 bits per heavy atom. The molecule has 0 spiro atoms. The Bertz CT molecular complexity index is 876. The number of aliphatic imine (C=N–C) groups is 1. The number of nitrogens with zero attached hydrogens (tertiary/aromatic N) is 1. The average molecular weight is 444 g/mol. The van der Waals surface area contributed by atoms with E-state index in [1.54, 1.807) is 19.1 Å². The molecule has 1 aromatic rings. The number of alkyl halides is 2. The number of halogens is 2. The van der Waals surface area contributed by atoms with E-state index < -0.39 is 32.7 Å². The third-order valence-electron chi connectivity index (χ3n) is 3.82. The number of amides is 1. The zero-order chi connectivity index (χ0) is 21.9. The summed E-state index contributed by atoms with van der Waals surface area (Å²) in [6.45, 7) is 4.32. The first kappa shape index (κ1) is 25.1. The van der Waals surface area contributed by atoms with Crippen LogP contribution in [0.15, 0.2) is 58.1 Å². The zero-order valence-electron chi connectivity index (χ0n) is 16.6. The fourth-order valence-corrected chi connectivity index (χ4v) is 3.78. The minimum absolute atomic E-state index is 0.120. The van der Waals surface area contributed by atoms with E-state index in [1.165, 1.54) is 27.4 Å². The molecule has 1 aromatic carbocycles. The number of sulfone groups is 1. The van der Waals surface area contributed by atoms with Crippen LogP contribution in [0.1, 0.15) is 38.7 Å². The molecule has 1 amide bonds. The molecule has 0 bridgehead atoms. The SMILES string of the molecule is C/C=C\C=C(\CS(=O)(=O)c1cccc(C(F)(F)P)c1)N=CC(=O)NCCCCC. The van der Waals surface area contributed by atoms with Gasteiger partial charge in [-0.3, -0.25) is 9.79 Å². The number of unbranched alkanes of at least 4 members (excludes halogenated alkanes) is 2. The smallest absolute Gasteiger partial charge is 0.283 e. The lowest BCUT2D eigenvalue weighted by Gasteiger charge is -2.12. The molecule has 0 aliphatic heterocycles. The first-order chi connectivity index (χ1) is 13.6. The summed E-state index contributed by atoms with van der Waals surface area (Å²) >= 11 is 0. The van der Waals surface area contributed by atoms with Crippen molar-refractivity contribution in [2.45, 2.75) is 43.7 Å². The van der Waals surface area contributed by atoms with E-state index in [0.29, 0.717) is 6.54 Å². The first-order valence-electron chi connectivity index (χ1n) is 9.24. The van der Waals surface area contributed by atoms with Gasteiger partial charge in [0.1, 0.15) is 0 Å². The molecule has 0 saturated heterocycles. The molecule has 0 aromatic heterocycles. The van der Waals surface area contributed by atoms with Crippen molar-refractivity contribution in [3.05, 3.63) is 53.8 Å². The van der Waals surface area contributed by atoms with Gasteiger partial charge in [0.2, 0.25) is 0 Å². The van der Waals surface area contributed by atoms with E-state index in [-0.39, 0.29) is 10.6 Å². The van der Waals surface area contributed by atoms with Crippen molar-refractivity contribution in [3.63, 3.8) is 0 Å². The highest BCUT2D eigenvalue weighted by Gasteiger charge is 2.26. The van der Waals surface area contributed by atoms with Crippen LogP contribution in [-0.2, 0) is 20.3 Å². The van der Waals surface area contributed by atoms with E-state index in [1.807, 2.05) is 0 Å². The molecule has 160 valence electrons. The lowest BCUT2D eigenvalue weighted by atomic mass is 10.2. The van der Waals surface area contributed by atoms with Crippen LogP contribution in [0.25, 0.3) is 0 Å². The number of carbonyl (C=O) groups excluding carboxylic acids is 1. The second kappa shape index (κ2) is 11.9. The highest BCUT2D eigenvalue weighted by molar-refractivity contribution is 7.91. The number of rotatable bonds is 11. The standard InChI is InChI=1S/C20H27F2N2O3PS/c1-3-5-7-12-23-19(25)14-24-17(10-6-4-2)15-29(26,27)18-11-8-9-16(13-18)20(21,22)28/h4,6,8-11,13-14H,3,5,7,12,15,28H2,1-2H3,(H,23,25)/b6-4-,17-10-,24-14?. The number of nitrogens with one attached hydrogen (secondary N) is 1. The van der Waals surface area contributed by atoms with Crippen LogP contribution in [-0.4, -0.2) is 32.8 Å². The van der Waals surface area contributed by atoms with E-state index >= 15 is 0 Å². The fourth-order valence-electron chi connectivity index (χ4n) is 2.28. The second-order valence-electron chi connectivity index (χ2n) is 6.35. The third kappa shape index (κ3) is 9.41. The summed E-state index contributed by atoms with van der Waals surface area (Å²) in [7, 11) is -2.55. The number of benzene rings is 1. The predicted molar refractivity (Wildman–Crippen MR) is 116 cm³/mol. The summed E-state index contributed by atoms with van der Waals surface area (Å²) in [4.78, 5) is 15.6. The van der Waals surface area contributed by atoms with Gasteiger partial charge in [-0.2, -0.15) is 8.78 Å². The van der Waals surface area contributed by atoms with Gasteiger partial charge in [0.15, 0.2) is 9.84 Å². The molecule has 1 unspecified atom stereocenters. The van der Waals surface area contributed by atoms with Gasteiger partial charge in [-0.05, 0) is 31.6 Å². The van der Waals surface area contributed by atoms with Crippen molar-refractivity contribution in [2.24, 2.45) is 4.99 Å². The first-order valence-corrected chi connectivity index (χ1v) is 11.5. The van der Waals surface area contributed by atoms with Crippen LogP contribution in [0, 0.1) is 0 Å². The Morgan fingerprint density at radius 1 is 1.31 bits per heavy atom. The molecule has 0 aliphatic rings. The molecule has 5 nitrogen and oxygen atoms in total. The molecule has 0 fully saturated rings. The highest BCUT2D eigenvalue weighted by atomic mass is 32.2. The number of carbonyl (C=O) groups is 1. The Morgan fingerprint density at radius 2 is 2.03 bits per heavy atom. The van der Waals surface area contributed by atoms with E-state index in [2.05, 4.69) is 17.2 Å². The summed E-state index contributed by atoms with van der Waals surface area (Å²) in [5, 5.41) is 2.68. The lowest BCUT2D eigenvalue weighted by Crippen LogP contribution is -2.25. The Balaban J connectivity index is 2.98. The maximum Gasteiger partial charge on any atom is 0.283 e. The molecule has 0 radical (unpaired) electrons.